The lowest BCUT2D eigenvalue weighted by Crippen LogP contribution is -2.42. The molecule has 1 aliphatic rings. The monoisotopic (exact) mass is 261 g/mol. The summed E-state index contributed by atoms with van der Waals surface area (Å²) in [5.74, 6) is 0.0597. The van der Waals surface area contributed by atoms with Gasteiger partial charge in [0.1, 0.15) is 0 Å². The van der Waals surface area contributed by atoms with Gasteiger partial charge in [-0.25, -0.2) is 4.79 Å². The van der Waals surface area contributed by atoms with Crippen molar-refractivity contribution in [3.05, 3.63) is 29.8 Å². The number of carbonyl (C=O) groups excluding carboxylic acids is 2. The van der Waals surface area contributed by atoms with Crippen molar-refractivity contribution in [3.63, 3.8) is 0 Å². The highest BCUT2D eigenvalue weighted by molar-refractivity contribution is 5.96. The van der Waals surface area contributed by atoms with Crippen molar-refractivity contribution in [2.75, 3.05) is 18.4 Å². The standard InChI is InChI=1S/C14H19N3O2/c1-10(2)15-14(19)16-12-6-4-11(5-7-12)13(18)17-8-3-9-17/h4-7,10H,3,8-9H2,1-2H3,(H2,15,16,19). The van der Waals surface area contributed by atoms with Crippen molar-refractivity contribution in [2.45, 2.75) is 26.3 Å². The first kappa shape index (κ1) is 13.4. The van der Waals surface area contributed by atoms with Crippen LogP contribution in [-0.4, -0.2) is 36.0 Å². The van der Waals surface area contributed by atoms with Gasteiger partial charge in [0.2, 0.25) is 0 Å². The first-order chi connectivity index (χ1) is 9.06. The lowest BCUT2D eigenvalue weighted by atomic mass is 10.1. The summed E-state index contributed by atoms with van der Waals surface area (Å²) < 4.78 is 0. The van der Waals surface area contributed by atoms with Crippen LogP contribution in [0.2, 0.25) is 0 Å². The molecule has 5 nitrogen and oxygen atoms in total. The van der Waals surface area contributed by atoms with Crippen LogP contribution in [0.25, 0.3) is 0 Å². The third kappa shape index (κ3) is 3.47. The molecule has 0 unspecified atom stereocenters. The quantitative estimate of drug-likeness (QED) is 0.875. The minimum Gasteiger partial charge on any atom is -0.339 e. The Balaban J connectivity index is 1.94. The van der Waals surface area contributed by atoms with Crippen molar-refractivity contribution in [3.8, 4) is 0 Å². The Hall–Kier alpha value is -2.04. The van der Waals surface area contributed by atoms with Gasteiger partial charge in [-0.3, -0.25) is 4.79 Å². The van der Waals surface area contributed by atoms with Gasteiger partial charge in [0.15, 0.2) is 0 Å². The number of hydrogen-bond donors (Lipinski definition) is 2. The highest BCUT2D eigenvalue weighted by Crippen LogP contribution is 2.15. The van der Waals surface area contributed by atoms with Crippen LogP contribution in [0.4, 0.5) is 10.5 Å². The highest BCUT2D eigenvalue weighted by atomic mass is 16.2. The van der Waals surface area contributed by atoms with Crippen molar-refractivity contribution in [1.29, 1.82) is 0 Å². The number of urea groups is 1. The van der Waals surface area contributed by atoms with Gasteiger partial charge in [-0.1, -0.05) is 0 Å². The first-order valence-corrected chi connectivity index (χ1v) is 6.53. The van der Waals surface area contributed by atoms with Crippen molar-refractivity contribution >= 4 is 17.6 Å². The molecule has 102 valence electrons. The number of rotatable bonds is 3. The number of nitrogens with zero attached hydrogens (tertiary/aromatic N) is 1. The summed E-state index contributed by atoms with van der Waals surface area (Å²) in [5.41, 5.74) is 1.34. The molecule has 2 N–H and O–H groups in total. The van der Waals surface area contributed by atoms with Crippen LogP contribution in [0.15, 0.2) is 24.3 Å². The zero-order chi connectivity index (χ0) is 13.8. The minimum absolute atomic E-state index is 0.0597. The van der Waals surface area contributed by atoms with Gasteiger partial charge in [-0.15, -0.1) is 0 Å². The molecule has 1 fully saturated rings. The molecule has 0 atom stereocenters. The Bertz CT molecular complexity index is 464. The van der Waals surface area contributed by atoms with E-state index in [1.165, 1.54) is 0 Å². The van der Waals surface area contributed by atoms with E-state index in [0.717, 1.165) is 19.5 Å². The zero-order valence-corrected chi connectivity index (χ0v) is 11.3. The molecule has 0 aromatic heterocycles. The number of likely N-dealkylation sites (tertiary alicyclic amines) is 1. The summed E-state index contributed by atoms with van der Waals surface area (Å²) in [6.45, 7) is 5.48. The molecule has 0 spiro atoms. The SMILES string of the molecule is CC(C)NC(=O)Nc1ccc(C(=O)N2CCC2)cc1. The predicted octanol–water partition coefficient (Wildman–Crippen LogP) is 2.06. The van der Waals surface area contributed by atoms with Gasteiger partial charge in [0.25, 0.3) is 5.91 Å². The van der Waals surface area contributed by atoms with Crippen molar-refractivity contribution < 1.29 is 9.59 Å². The Morgan fingerprint density at radius 2 is 1.79 bits per heavy atom. The van der Waals surface area contributed by atoms with Gasteiger partial charge >= 0.3 is 6.03 Å². The van der Waals surface area contributed by atoms with Crippen LogP contribution in [-0.2, 0) is 0 Å². The second kappa shape index (κ2) is 5.73. The lowest BCUT2D eigenvalue weighted by molar-refractivity contribution is 0.0652. The summed E-state index contributed by atoms with van der Waals surface area (Å²) in [6, 6.07) is 6.82. The molecule has 0 saturated carbocycles. The minimum atomic E-state index is -0.239. The fourth-order valence-electron chi connectivity index (χ4n) is 1.83. The second-order valence-electron chi connectivity index (χ2n) is 4.98. The fourth-order valence-corrected chi connectivity index (χ4v) is 1.83. The summed E-state index contributed by atoms with van der Waals surface area (Å²) in [5, 5.41) is 5.46. The average Bonchev–Trinajstić information content (AvgIpc) is 2.26. The largest absolute Gasteiger partial charge is 0.339 e. The topological polar surface area (TPSA) is 61.4 Å². The molecule has 0 radical (unpaired) electrons. The van der Waals surface area contributed by atoms with Gasteiger partial charge in [0.05, 0.1) is 0 Å². The molecular formula is C14H19N3O2. The molecular weight excluding hydrogens is 242 g/mol. The molecule has 1 aromatic rings. The van der Waals surface area contributed by atoms with Gasteiger partial charge in [-0.05, 0) is 44.5 Å². The summed E-state index contributed by atoms with van der Waals surface area (Å²) >= 11 is 0. The Kier molecular flexibility index (Phi) is 4.04. The summed E-state index contributed by atoms with van der Waals surface area (Å²) in [6.07, 6.45) is 1.08. The highest BCUT2D eigenvalue weighted by Gasteiger charge is 2.21. The molecule has 5 heteroatoms. The molecule has 0 bridgehead atoms. The van der Waals surface area contributed by atoms with E-state index in [4.69, 9.17) is 0 Å². The maximum absolute atomic E-state index is 11.9. The predicted molar refractivity (Wildman–Crippen MR) is 74.3 cm³/mol. The molecule has 0 aliphatic carbocycles. The van der Waals surface area contributed by atoms with Crippen molar-refractivity contribution in [2.24, 2.45) is 0 Å². The Morgan fingerprint density at radius 3 is 2.26 bits per heavy atom. The molecule has 19 heavy (non-hydrogen) atoms. The maximum Gasteiger partial charge on any atom is 0.319 e. The maximum atomic E-state index is 11.9. The van der Waals surface area contributed by atoms with E-state index >= 15 is 0 Å². The molecule has 1 aliphatic heterocycles. The van der Waals surface area contributed by atoms with E-state index < -0.39 is 0 Å². The molecule has 3 amide bonds. The van der Waals surface area contributed by atoms with Crippen molar-refractivity contribution in [1.82, 2.24) is 10.2 Å². The molecule has 1 saturated heterocycles. The van der Waals surface area contributed by atoms with Crippen LogP contribution in [0, 0.1) is 0 Å². The number of nitrogens with one attached hydrogen (secondary N) is 2. The summed E-state index contributed by atoms with van der Waals surface area (Å²) in [4.78, 5) is 25.3. The number of benzene rings is 1. The number of carbonyl (C=O) groups is 2. The van der Waals surface area contributed by atoms with Gasteiger partial charge in [-0.2, -0.15) is 0 Å². The van der Waals surface area contributed by atoms with E-state index in [0.29, 0.717) is 11.3 Å². The average molecular weight is 261 g/mol. The number of anilines is 1. The molecule has 2 rings (SSSR count). The number of hydrogen-bond acceptors (Lipinski definition) is 2. The van der Waals surface area contributed by atoms with Crippen LogP contribution in [0.3, 0.4) is 0 Å². The van der Waals surface area contributed by atoms with Crippen LogP contribution < -0.4 is 10.6 Å². The van der Waals surface area contributed by atoms with Crippen LogP contribution in [0.5, 0.6) is 0 Å². The van der Waals surface area contributed by atoms with Gasteiger partial charge < -0.3 is 15.5 Å². The van der Waals surface area contributed by atoms with E-state index in [2.05, 4.69) is 10.6 Å². The molecule has 1 heterocycles. The molecule has 1 aromatic carbocycles. The van der Waals surface area contributed by atoms with E-state index in [1.54, 1.807) is 24.3 Å². The normalized spacial score (nSPS) is 13.9. The number of amides is 3. The fraction of sp³-hybridized carbons (Fsp3) is 0.429. The Labute approximate surface area is 113 Å². The van der Waals surface area contributed by atoms with Crippen LogP contribution in [0.1, 0.15) is 30.6 Å². The smallest absolute Gasteiger partial charge is 0.319 e. The van der Waals surface area contributed by atoms with Crippen LogP contribution >= 0.6 is 0 Å². The van der Waals surface area contributed by atoms with E-state index in [-0.39, 0.29) is 18.0 Å². The summed E-state index contributed by atoms with van der Waals surface area (Å²) in [7, 11) is 0. The lowest BCUT2D eigenvalue weighted by Gasteiger charge is -2.30. The first-order valence-electron chi connectivity index (χ1n) is 6.53. The Morgan fingerprint density at radius 1 is 1.16 bits per heavy atom. The van der Waals surface area contributed by atoms with E-state index in [1.807, 2.05) is 18.7 Å². The van der Waals surface area contributed by atoms with E-state index in [9.17, 15) is 9.59 Å². The third-order valence-electron chi connectivity index (χ3n) is 2.95. The van der Waals surface area contributed by atoms with Gasteiger partial charge in [0, 0.05) is 30.4 Å². The second-order valence-corrected chi connectivity index (χ2v) is 4.98. The third-order valence-corrected chi connectivity index (χ3v) is 2.95. The zero-order valence-electron chi connectivity index (χ0n) is 11.3.